The minimum atomic E-state index is -5.77. The summed E-state index contributed by atoms with van der Waals surface area (Å²) in [5.41, 5.74) is 0. The van der Waals surface area contributed by atoms with Gasteiger partial charge in [-0.05, 0) is 0 Å². The van der Waals surface area contributed by atoms with Crippen LogP contribution in [0.15, 0.2) is 0 Å². The van der Waals surface area contributed by atoms with Gasteiger partial charge in [0, 0.05) is 26.1 Å². The van der Waals surface area contributed by atoms with E-state index in [-0.39, 0.29) is 0 Å². The average Bonchev–Trinajstić information content (AvgIpc) is 1.52. The Balaban J connectivity index is 1.17. The number of nitrogens with one attached hydrogen (secondary N) is 2. The minimum Gasteiger partial charge on any atom is -0.481 e. The SMILES string of the molecule is COC1OC(COS(=O)(=O)O)C(OC2OC3C(C(=O)O)C(OC4OC(COS(=O)(=O)O)C(OC5OC(C(=O)O)C(OC6OC(COS(=O)(=O)O)C(OC7OC(C(=O)O)C(OC)C(O)C7O)C(O)C6C)C(O)C5O)C(OSOOO)C4NS(=O)(=O)O)C3C2O)C(O)C1NS(=O)(=O)O. The van der Waals surface area contributed by atoms with Gasteiger partial charge in [0.2, 0.25) is 0 Å². The molecule has 6 heterocycles. The molecule has 7 fully saturated rings. The van der Waals surface area contributed by atoms with E-state index in [0.717, 1.165) is 21.1 Å². The molecule has 0 radical (unpaired) electrons. The van der Waals surface area contributed by atoms with Crippen LogP contribution in [0.25, 0.3) is 0 Å². The van der Waals surface area contributed by atoms with E-state index < -0.39 is 292 Å². The molecule has 31 atom stereocenters. The Morgan fingerprint density at radius 2 is 0.854 bits per heavy atom. The zero-order valence-electron chi connectivity index (χ0n) is 48.2. The van der Waals surface area contributed by atoms with Gasteiger partial charge in [0.05, 0.1) is 38.1 Å². The van der Waals surface area contributed by atoms with E-state index in [2.05, 4.69) is 21.9 Å². The number of fused-ring (bicyclic) bond motifs is 1. The Labute approximate surface area is 543 Å². The molecular weight excluding hydrogens is 1470 g/mol. The second kappa shape index (κ2) is 32.2. The monoisotopic (exact) mass is 1530 g/mol. The van der Waals surface area contributed by atoms with Gasteiger partial charge < -0.3 is 113 Å². The molecule has 6 saturated heterocycles. The maximum atomic E-state index is 13.0. The van der Waals surface area contributed by atoms with Gasteiger partial charge >= 0.3 is 69.7 Å². The van der Waals surface area contributed by atoms with Crippen molar-refractivity contribution >= 4 is 82.0 Å². The molecule has 56 heteroatoms. The molecule has 31 unspecified atom stereocenters. The summed E-state index contributed by atoms with van der Waals surface area (Å²) in [6, 6.07) is -4.68. The Kier molecular flexibility index (Phi) is 27.0. The minimum absolute atomic E-state index is 0.518. The first-order valence-electron chi connectivity index (χ1n) is 26.7. The fourth-order valence-electron chi connectivity index (χ4n) is 11.2. The van der Waals surface area contributed by atoms with E-state index in [4.69, 9.17) is 71.0 Å². The lowest BCUT2D eigenvalue weighted by Crippen LogP contribution is -2.70. The average molecular weight is 1530 g/mol. The Bertz CT molecular complexity index is 3250. The summed E-state index contributed by atoms with van der Waals surface area (Å²) in [7, 11) is -25.7. The lowest BCUT2D eigenvalue weighted by molar-refractivity contribution is -0.435. The van der Waals surface area contributed by atoms with E-state index in [1.807, 2.05) is 0 Å². The molecule has 0 spiro atoms. The van der Waals surface area contributed by atoms with Gasteiger partial charge in [-0.25, -0.2) is 27.4 Å². The van der Waals surface area contributed by atoms with Crippen molar-refractivity contribution < 1.29 is 223 Å². The van der Waals surface area contributed by atoms with Gasteiger partial charge in [-0.1, -0.05) is 12.0 Å². The third-order valence-electron chi connectivity index (χ3n) is 15.5. The first kappa shape index (κ1) is 80.5. The fourth-order valence-corrected chi connectivity index (χ4v) is 13.7. The van der Waals surface area contributed by atoms with E-state index in [0.29, 0.717) is 0 Å². The van der Waals surface area contributed by atoms with Crippen LogP contribution in [-0.4, -0.2) is 345 Å². The van der Waals surface area contributed by atoms with Crippen molar-refractivity contribution in [2.75, 3.05) is 34.0 Å². The first-order valence-corrected chi connectivity index (χ1v) is 34.4. The number of carbonyl (C=O) groups is 3. The van der Waals surface area contributed by atoms with Crippen molar-refractivity contribution in [2.45, 2.75) is 179 Å². The van der Waals surface area contributed by atoms with Crippen LogP contribution in [0.1, 0.15) is 6.92 Å². The van der Waals surface area contributed by atoms with Crippen LogP contribution in [0.5, 0.6) is 0 Å². The Hall–Kier alpha value is -2.85. The third kappa shape index (κ3) is 19.7. The number of methoxy groups -OCH3 is 2. The molecule has 1 saturated carbocycles. The molecule has 7 aliphatic rings. The lowest BCUT2D eigenvalue weighted by Gasteiger charge is -2.51. The maximum Gasteiger partial charge on any atom is 0.397 e. The molecule has 0 aromatic carbocycles. The van der Waals surface area contributed by atoms with Gasteiger partial charge in [-0.15, -0.1) is 4.33 Å². The van der Waals surface area contributed by atoms with E-state index in [1.165, 1.54) is 4.72 Å². The number of carboxylic acid groups (broad SMARTS) is 3. The molecule has 96 heavy (non-hydrogen) atoms. The van der Waals surface area contributed by atoms with Crippen molar-refractivity contribution in [3.05, 3.63) is 0 Å². The molecule has 7 rings (SSSR count). The third-order valence-corrected chi connectivity index (χ3v) is 18.3. The summed E-state index contributed by atoms with van der Waals surface area (Å²) in [5, 5.41) is 123. The number of aliphatic hydroxyl groups excluding tert-OH is 7. The molecule has 0 aromatic heterocycles. The highest BCUT2D eigenvalue weighted by atomic mass is 32.3. The molecule has 0 aromatic rings. The van der Waals surface area contributed by atoms with Crippen molar-refractivity contribution in [2.24, 2.45) is 17.8 Å². The summed E-state index contributed by atoms with van der Waals surface area (Å²) in [6.07, 6.45) is -59.3. The molecule has 0 amide bonds. The highest BCUT2D eigenvalue weighted by Crippen LogP contribution is 2.51. The van der Waals surface area contributed by atoms with Crippen LogP contribution in [-0.2, 0) is 154 Å². The molecule has 18 N–H and O–H groups in total. The van der Waals surface area contributed by atoms with Gasteiger partial charge in [-0.3, -0.25) is 31.7 Å². The summed E-state index contributed by atoms with van der Waals surface area (Å²) in [6.45, 7) is -3.26. The van der Waals surface area contributed by atoms with Gasteiger partial charge in [0.15, 0.2) is 62.3 Å². The number of ether oxygens (including phenoxy) is 13. The second-order valence-electron chi connectivity index (χ2n) is 21.4. The van der Waals surface area contributed by atoms with Crippen LogP contribution < -0.4 is 9.44 Å². The summed E-state index contributed by atoms with van der Waals surface area (Å²) < 4.78 is 266. The van der Waals surface area contributed by atoms with E-state index >= 15 is 0 Å². The Morgan fingerprint density at radius 1 is 0.438 bits per heavy atom. The second-order valence-corrected chi connectivity index (χ2v) is 27.6. The Morgan fingerprint density at radius 3 is 1.31 bits per heavy atom. The molecule has 1 aliphatic carbocycles. The van der Waals surface area contributed by atoms with E-state index in [1.54, 1.807) is 4.72 Å². The lowest BCUT2D eigenvalue weighted by atomic mass is 9.67. The van der Waals surface area contributed by atoms with Crippen molar-refractivity contribution in [3.63, 3.8) is 0 Å². The summed E-state index contributed by atoms with van der Waals surface area (Å²) in [4.78, 5) is 38.0. The van der Waals surface area contributed by atoms with Crippen molar-refractivity contribution in [3.8, 4) is 0 Å². The van der Waals surface area contributed by atoms with Gasteiger partial charge in [0.25, 0.3) is 0 Å². The topological polar surface area (TPSA) is 745 Å². The van der Waals surface area contributed by atoms with Crippen molar-refractivity contribution in [1.82, 2.24) is 9.44 Å². The number of rotatable bonds is 32. The van der Waals surface area contributed by atoms with Gasteiger partial charge in [0.1, 0.15) is 110 Å². The molecule has 6 aliphatic heterocycles. The first-order chi connectivity index (χ1) is 44.4. The summed E-state index contributed by atoms with van der Waals surface area (Å²) >= 11 is -0.518. The van der Waals surface area contributed by atoms with Crippen LogP contribution in [0.2, 0.25) is 0 Å². The standard InChI is InChI=1S/C40H64N2O48S6/c1-7-15(43)22(80-39-20(48)18(46)28(72-2)30(86-39)33(52)53)8(4-74-94(63,64)65)77-35(7)85-29-19(47)21(49)40(87-31(29)34(54)55)82-24-10(6-76-96(69,70)71)79-37(14(42-93(60,61)62)27(24)88-91-90-89-56)83-25-11-16(44)38(84-26(11)12(25)32(50)51)81-23-9(5-75-95(66,67)68)78-36(73-3)13(17(23)45)41-92(57,58)59/h7-31,35-49,56H,4-6H2,1-3H3,(H,50,51)(H,52,53)(H,54,55)(H,57,58,59)(H,60,61,62)(H,63,64,65)(H,66,67,68)(H,69,70,71). The number of aliphatic hydroxyl groups is 7. The maximum absolute atomic E-state index is 13.0. The number of hydrogen-bond donors (Lipinski definition) is 18. The zero-order chi connectivity index (χ0) is 71.8. The normalized spacial score (nSPS) is 42.6. The number of carboxylic acids is 3. The number of aliphatic carboxylic acids is 3. The van der Waals surface area contributed by atoms with Crippen LogP contribution in [0, 0.1) is 17.8 Å². The molecule has 50 nitrogen and oxygen atoms in total. The molecule has 0 bridgehead atoms. The largest absolute Gasteiger partial charge is 0.481 e. The smallest absolute Gasteiger partial charge is 0.397 e. The van der Waals surface area contributed by atoms with Crippen molar-refractivity contribution in [1.29, 1.82) is 0 Å². The van der Waals surface area contributed by atoms with Crippen LogP contribution in [0.3, 0.4) is 0 Å². The number of hydrogen-bond acceptors (Lipinski definition) is 41. The fraction of sp³-hybridized carbons (Fsp3) is 0.925. The molecular formula is C40H64N2O48S6. The van der Waals surface area contributed by atoms with E-state index in [9.17, 15) is 130 Å². The zero-order valence-corrected chi connectivity index (χ0v) is 53.1. The molecule has 558 valence electrons. The predicted octanol–water partition coefficient (Wildman–Crippen LogP) is -11.1. The predicted molar refractivity (Wildman–Crippen MR) is 282 cm³/mol. The quantitative estimate of drug-likeness (QED) is 0.00978. The highest BCUT2D eigenvalue weighted by molar-refractivity contribution is 7.89. The highest BCUT2D eigenvalue weighted by Gasteiger charge is 2.68. The van der Waals surface area contributed by atoms with Gasteiger partial charge in [-0.2, -0.15) is 51.5 Å². The van der Waals surface area contributed by atoms with Crippen LogP contribution >= 0.6 is 12.3 Å². The van der Waals surface area contributed by atoms with Crippen LogP contribution in [0.4, 0.5) is 0 Å². The summed E-state index contributed by atoms with van der Waals surface area (Å²) in [5.74, 6) is -11.4.